The Kier molecular flexibility index (Phi) is 24.5. The number of carboxylic acids is 3. The van der Waals surface area contributed by atoms with E-state index in [4.69, 9.17) is 5.73 Å². The molecule has 2 saturated heterocycles. The number of halogens is 2. The first kappa shape index (κ1) is 64.6. The minimum atomic E-state index is -3.23. The minimum Gasteiger partial charge on any atom is -0.480 e. The molecule has 0 saturated carbocycles. The highest BCUT2D eigenvalue weighted by atomic mass is 19.3. The Labute approximate surface area is 473 Å². The van der Waals surface area contributed by atoms with Gasteiger partial charge in [-0.1, -0.05) is 12.1 Å². The van der Waals surface area contributed by atoms with Crippen molar-refractivity contribution in [2.45, 2.75) is 89.9 Å². The van der Waals surface area contributed by atoms with Crippen molar-refractivity contribution in [1.29, 1.82) is 5.26 Å². The number of nitrogens with two attached hydrogens (primary N) is 1. The molecule has 0 radical (unpaired) electrons. The summed E-state index contributed by atoms with van der Waals surface area (Å²) in [6.07, 6.45) is 0.734. The number of carbonyl (C=O) groups is 9. The van der Waals surface area contributed by atoms with Gasteiger partial charge in [-0.2, -0.15) is 5.26 Å². The highest BCUT2D eigenvalue weighted by molar-refractivity contribution is 5.99. The Morgan fingerprint density at radius 2 is 1.27 bits per heavy atom. The number of benzene rings is 2. The quantitative estimate of drug-likeness (QED) is 0.0424. The smallest absolute Gasteiger partial charge is 0.317 e. The molecule has 5 rings (SSSR count). The largest absolute Gasteiger partial charge is 0.480 e. The van der Waals surface area contributed by atoms with Gasteiger partial charge in [-0.15, -0.1) is 0 Å². The number of likely N-dealkylation sites (tertiary alicyclic amines) is 1. The lowest BCUT2D eigenvalue weighted by molar-refractivity contribution is -0.140. The molecule has 0 bridgehead atoms. The van der Waals surface area contributed by atoms with Gasteiger partial charge in [-0.25, -0.2) is 8.78 Å². The first-order chi connectivity index (χ1) is 38.9. The molecule has 6 amide bonds. The summed E-state index contributed by atoms with van der Waals surface area (Å²) in [6, 6.07) is 11.9. The Balaban J connectivity index is 1.17. The number of pyridine rings is 1. The lowest BCUT2D eigenvalue weighted by atomic mass is 10.00. The zero-order valence-electron chi connectivity index (χ0n) is 46.3. The lowest BCUT2D eigenvalue weighted by Crippen LogP contribution is -2.49. The molecule has 27 heteroatoms. The summed E-state index contributed by atoms with van der Waals surface area (Å²) in [5, 5.41) is 51.5. The maximum atomic E-state index is 14.0. The molecule has 3 aromatic rings. The Morgan fingerprint density at radius 3 is 1.82 bits per heavy atom. The van der Waals surface area contributed by atoms with Gasteiger partial charge in [0, 0.05) is 101 Å². The summed E-state index contributed by atoms with van der Waals surface area (Å²) in [6.45, 7) is 4.95. The Morgan fingerprint density at radius 1 is 0.720 bits per heavy atom. The highest BCUT2D eigenvalue weighted by Crippen LogP contribution is 2.32. The molecule has 25 nitrogen and oxygen atoms in total. The van der Waals surface area contributed by atoms with Crippen LogP contribution in [0.3, 0.4) is 0 Å². The summed E-state index contributed by atoms with van der Waals surface area (Å²) in [7, 11) is 0. The fraction of sp³-hybridized carbons (Fsp3) is 0.509. The number of nitrogens with zero attached hydrogens (tertiary/aromatic N) is 7. The van der Waals surface area contributed by atoms with Crippen LogP contribution in [0.1, 0.15) is 72.6 Å². The molecule has 3 atom stereocenters. The van der Waals surface area contributed by atoms with E-state index in [-0.39, 0.29) is 128 Å². The summed E-state index contributed by atoms with van der Waals surface area (Å²) < 4.78 is 27.9. The van der Waals surface area contributed by atoms with Crippen molar-refractivity contribution in [2.24, 2.45) is 0 Å². The third-order valence-electron chi connectivity index (χ3n) is 13.9. The SMILES string of the molecule is Cc1cc(-c2ccc(NC(=O)C(CCCCNC(=O)CN3CCN(CC(=O)O)CCN(CC(=O)O)CCN(CC(=O)O)CC3)NC(=O)CCC(=O)NCc3cc(C(=O)N[C@@H](C)C(=O)N4CC(F)(F)C[C@H]4C#N)ccn3)c(C)c2)ccc1N. The molecule has 2 aliphatic heterocycles. The molecule has 2 aliphatic rings. The van der Waals surface area contributed by atoms with Crippen LogP contribution in [0.5, 0.6) is 0 Å². The number of aryl methyl sites for hydroxylation is 2. The molecule has 0 aliphatic carbocycles. The molecule has 10 N–H and O–H groups in total. The Hall–Kier alpha value is -8.19. The predicted octanol–water partition coefficient (Wildman–Crippen LogP) is 1.11. The number of hydrogen-bond acceptors (Lipinski definition) is 16. The maximum absolute atomic E-state index is 14.0. The number of carboxylic acid groups (broad SMARTS) is 3. The average Bonchev–Trinajstić information content (AvgIpc) is 3.97. The van der Waals surface area contributed by atoms with Gasteiger partial charge in [-0.05, 0) is 98.7 Å². The number of unbranched alkanes of at least 4 members (excludes halogenated alkanes) is 1. The van der Waals surface area contributed by atoms with Crippen LogP contribution in [0.2, 0.25) is 0 Å². The maximum Gasteiger partial charge on any atom is 0.317 e. The van der Waals surface area contributed by atoms with Gasteiger partial charge < -0.3 is 52.5 Å². The van der Waals surface area contributed by atoms with Gasteiger partial charge in [0.25, 0.3) is 11.8 Å². The van der Waals surface area contributed by atoms with E-state index in [9.17, 15) is 72.5 Å². The van der Waals surface area contributed by atoms with Crippen molar-refractivity contribution in [3.05, 3.63) is 77.1 Å². The zero-order chi connectivity index (χ0) is 60.1. The fourth-order valence-electron chi connectivity index (χ4n) is 9.31. The third kappa shape index (κ3) is 21.4. The van der Waals surface area contributed by atoms with Crippen LogP contribution in [-0.4, -0.2) is 214 Å². The number of carbonyl (C=O) groups excluding carboxylic acids is 6. The topological polar surface area (TPSA) is 353 Å². The van der Waals surface area contributed by atoms with Crippen LogP contribution in [-0.2, 0) is 44.9 Å². The summed E-state index contributed by atoms with van der Waals surface area (Å²) >= 11 is 0. The molecule has 0 spiro atoms. The second-order valence-electron chi connectivity index (χ2n) is 20.5. The van der Waals surface area contributed by atoms with Gasteiger partial charge in [0.2, 0.25) is 29.5 Å². The summed E-state index contributed by atoms with van der Waals surface area (Å²) in [4.78, 5) is 126. The molecule has 1 unspecified atom stereocenters. The monoisotopic (exact) mass is 1150 g/mol. The fourth-order valence-corrected chi connectivity index (χ4v) is 9.31. The van der Waals surface area contributed by atoms with E-state index in [1.807, 2.05) is 44.2 Å². The summed E-state index contributed by atoms with van der Waals surface area (Å²) in [5.41, 5.74) is 10.9. The second-order valence-corrected chi connectivity index (χ2v) is 20.5. The lowest BCUT2D eigenvalue weighted by Gasteiger charge is -2.32. The van der Waals surface area contributed by atoms with E-state index in [1.165, 1.54) is 25.3 Å². The summed E-state index contributed by atoms with van der Waals surface area (Å²) in [5.74, 6) is -10.1. The number of aliphatic carboxylic acids is 3. The number of rotatable bonds is 25. The number of nitrogens with one attached hydrogen (secondary N) is 5. The van der Waals surface area contributed by atoms with Crippen LogP contribution in [0.15, 0.2) is 54.7 Å². The van der Waals surface area contributed by atoms with Crippen molar-refractivity contribution in [2.75, 3.05) is 103 Å². The number of anilines is 2. The van der Waals surface area contributed by atoms with Crippen LogP contribution in [0.4, 0.5) is 20.2 Å². The molecular weight excluding hydrogens is 1070 g/mol. The zero-order valence-corrected chi connectivity index (χ0v) is 46.3. The standard InChI is InChI=1S/C55H73F2N13O12/c1-35-24-38(7-9-43(35)59)39-8-10-44(36(2)25-39)65-53(81)45(6-4-5-14-61-48(73)30-66-16-18-67(31-49(74)75)20-22-69(33-51(78)79)23-21-68(19-17-66)32-50(76)77)64-47(72)12-11-46(71)62-29-41-26-40(13-15-60-41)52(80)63-37(3)54(82)70-34-55(56,57)27-42(70)28-58/h7-10,13,15,24-26,37,42,45H,4-6,11-12,14,16-23,27,29-34,59H2,1-3H3,(H,61,73)(H,62,71)(H,63,80)(H,64,72)(H,65,81)(H,74,75)(H,76,77)(H,78,79)/t37-,42-,45?/m0/s1. The highest BCUT2D eigenvalue weighted by Gasteiger charge is 2.48. The molecule has 82 heavy (non-hydrogen) atoms. The van der Waals surface area contributed by atoms with Crippen LogP contribution in [0, 0.1) is 25.2 Å². The first-order valence-electron chi connectivity index (χ1n) is 26.9. The van der Waals surface area contributed by atoms with Crippen LogP contribution in [0.25, 0.3) is 11.1 Å². The van der Waals surface area contributed by atoms with E-state index >= 15 is 0 Å². The van der Waals surface area contributed by atoms with Gasteiger partial charge in [0.15, 0.2) is 0 Å². The van der Waals surface area contributed by atoms with E-state index < -0.39 is 84.5 Å². The van der Waals surface area contributed by atoms with Gasteiger partial charge in [0.05, 0.1) is 51.0 Å². The van der Waals surface area contributed by atoms with Crippen molar-refractivity contribution in [3.8, 4) is 17.2 Å². The van der Waals surface area contributed by atoms with Crippen LogP contribution < -0.4 is 32.3 Å². The second kappa shape index (κ2) is 31.1. The molecular formula is C55H73F2N13O12. The predicted molar refractivity (Wildman–Crippen MR) is 295 cm³/mol. The number of amides is 6. The molecule has 2 aromatic carbocycles. The molecule has 2 fully saturated rings. The van der Waals surface area contributed by atoms with E-state index in [2.05, 4.69) is 31.6 Å². The van der Waals surface area contributed by atoms with E-state index in [0.717, 1.165) is 27.2 Å². The number of hydrogen-bond donors (Lipinski definition) is 9. The number of nitrogen functional groups attached to an aromatic ring is 1. The normalized spacial score (nSPS) is 17.2. The van der Waals surface area contributed by atoms with Crippen molar-refractivity contribution in [1.82, 2.24) is 50.8 Å². The van der Waals surface area contributed by atoms with Gasteiger partial charge in [0.1, 0.15) is 18.1 Å². The van der Waals surface area contributed by atoms with E-state index in [0.29, 0.717) is 24.2 Å². The molecule has 444 valence electrons. The number of aromatic nitrogens is 1. The molecule has 1 aromatic heterocycles. The number of alkyl halides is 2. The van der Waals surface area contributed by atoms with Gasteiger partial charge in [-0.3, -0.25) is 67.7 Å². The third-order valence-corrected chi connectivity index (χ3v) is 13.9. The van der Waals surface area contributed by atoms with Crippen molar-refractivity contribution >= 4 is 64.7 Å². The van der Waals surface area contributed by atoms with Crippen LogP contribution >= 0.6 is 0 Å². The molecule has 3 heterocycles. The number of nitriles is 1. The Bertz CT molecular complexity index is 2800. The van der Waals surface area contributed by atoms with E-state index in [1.54, 1.807) is 31.7 Å². The first-order valence-corrected chi connectivity index (χ1v) is 26.9. The van der Waals surface area contributed by atoms with Crippen molar-refractivity contribution < 1.29 is 67.3 Å². The van der Waals surface area contributed by atoms with Crippen molar-refractivity contribution in [3.63, 3.8) is 0 Å². The minimum absolute atomic E-state index is 0.0483. The average molecular weight is 1150 g/mol. The van der Waals surface area contributed by atoms with Gasteiger partial charge >= 0.3 is 17.9 Å².